The molecule has 0 radical (unpaired) electrons. The molecule has 1 fully saturated rings. The third kappa shape index (κ3) is 2.40. The van der Waals surface area contributed by atoms with E-state index in [4.69, 9.17) is 10.8 Å². The molecule has 86 valence electrons. The summed E-state index contributed by atoms with van der Waals surface area (Å²) in [5.74, 6) is -1.22. The van der Waals surface area contributed by atoms with Crippen LogP contribution in [0.15, 0.2) is 30.3 Å². The van der Waals surface area contributed by atoms with Crippen molar-refractivity contribution in [2.75, 3.05) is 13.1 Å². The van der Waals surface area contributed by atoms with Crippen LogP contribution in [0.2, 0.25) is 0 Å². The molecule has 3 N–H and O–H groups in total. The highest BCUT2D eigenvalue weighted by Crippen LogP contribution is 2.18. The van der Waals surface area contributed by atoms with Gasteiger partial charge in [0.1, 0.15) is 0 Å². The first-order valence-electron chi connectivity index (χ1n) is 5.41. The van der Waals surface area contributed by atoms with Crippen molar-refractivity contribution < 1.29 is 9.90 Å². The van der Waals surface area contributed by atoms with E-state index in [1.165, 1.54) is 5.56 Å². The average Bonchev–Trinajstić information content (AvgIpc) is 2.61. The van der Waals surface area contributed by atoms with Gasteiger partial charge in [-0.3, -0.25) is 9.69 Å². The minimum atomic E-state index is -0.789. The van der Waals surface area contributed by atoms with Crippen molar-refractivity contribution >= 4 is 5.97 Å². The van der Waals surface area contributed by atoms with Gasteiger partial charge >= 0.3 is 5.97 Å². The highest BCUT2D eigenvalue weighted by atomic mass is 16.4. The van der Waals surface area contributed by atoms with E-state index in [0.29, 0.717) is 13.1 Å². The smallest absolute Gasteiger partial charge is 0.309 e. The third-order valence-electron chi connectivity index (χ3n) is 3.01. The number of nitrogens with two attached hydrogens (primary N) is 1. The number of carboxylic acids is 1. The normalized spacial score (nSPS) is 25.8. The predicted octanol–water partition coefficient (Wildman–Crippen LogP) is 0.530. The van der Waals surface area contributed by atoms with Gasteiger partial charge in [-0.2, -0.15) is 0 Å². The van der Waals surface area contributed by atoms with E-state index in [0.717, 1.165) is 6.54 Å². The zero-order valence-electron chi connectivity index (χ0n) is 9.04. The van der Waals surface area contributed by atoms with Crippen molar-refractivity contribution in [2.45, 2.75) is 12.6 Å². The Morgan fingerprint density at radius 1 is 1.38 bits per heavy atom. The molecule has 0 unspecified atom stereocenters. The highest BCUT2D eigenvalue weighted by molar-refractivity contribution is 5.71. The Kier molecular flexibility index (Phi) is 3.22. The molecule has 4 heteroatoms. The quantitative estimate of drug-likeness (QED) is 0.779. The number of rotatable bonds is 3. The molecule has 0 saturated carbocycles. The van der Waals surface area contributed by atoms with Crippen molar-refractivity contribution in [3.63, 3.8) is 0 Å². The summed E-state index contributed by atoms with van der Waals surface area (Å²) < 4.78 is 0. The molecule has 0 bridgehead atoms. The molecule has 0 amide bonds. The number of benzene rings is 1. The van der Waals surface area contributed by atoms with Gasteiger partial charge in [-0.15, -0.1) is 0 Å². The van der Waals surface area contributed by atoms with E-state index in [1.54, 1.807) is 0 Å². The van der Waals surface area contributed by atoms with Crippen LogP contribution in [0.25, 0.3) is 0 Å². The Balaban J connectivity index is 1.96. The molecular weight excluding hydrogens is 204 g/mol. The van der Waals surface area contributed by atoms with Gasteiger partial charge in [0.05, 0.1) is 5.92 Å². The molecule has 0 aromatic heterocycles. The number of aliphatic carboxylic acids is 1. The van der Waals surface area contributed by atoms with Crippen molar-refractivity contribution in [3.05, 3.63) is 35.9 Å². The number of carboxylic acid groups (broad SMARTS) is 1. The summed E-state index contributed by atoms with van der Waals surface area (Å²) in [4.78, 5) is 13.0. The molecule has 1 aliphatic heterocycles. The van der Waals surface area contributed by atoms with Crippen molar-refractivity contribution in [3.8, 4) is 0 Å². The first kappa shape index (κ1) is 11.1. The summed E-state index contributed by atoms with van der Waals surface area (Å²) >= 11 is 0. The Labute approximate surface area is 94.7 Å². The molecule has 4 nitrogen and oxygen atoms in total. The monoisotopic (exact) mass is 220 g/mol. The van der Waals surface area contributed by atoms with Crippen LogP contribution < -0.4 is 5.73 Å². The van der Waals surface area contributed by atoms with Gasteiger partial charge in [-0.05, 0) is 5.56 Å². The van der Waals surface area contributed by atoms with E-state index in [2.05, 4.69) is 4.90 Å². The van der Waals surface area contributed by atoms with Crippen molar-refractivity contribution in [2.24, 2.45) is 11.7 Å². The lowest BCUT2D eigenvalue weighted by Crippen LogP contribution is -2.33. The molecule has 1 aliphatic rings. The first-order chi connectivity index (χ1) is 7.66. The minimum Gasteiger partial charge on any atom is -0.481 e. The molecule has 2 rings (SSSR count). The molecule has 1 saturated heterocycles. The second-order valence-electron chi connectivity index (χ2n) is 4.29. The molecular formula is C12H16N2O2. The van der Waals surface area contributed by atoms with Gasteiger partial charge in [0, 0.05) is 25.7 Å². The second-order valence-corrected chi connectivity index (χ2v) is 4.29. The predicted molar refractivity (Wildman–Crippen MR) is 60.8 cm³/mol. The zero-order chi connectivity index (χ0) is 11.5. The fourth-order valence-electron chi connectivity index (χ4n) is 2.15. The summed E-state index contributed by atoms with van der Waals surface area (Å²) in [6.45, 7) is 1.98. The maximum atomic E-state index is 10.9. The molecule has 16 heavy (non-hydrogen) atoms. The van der Waals surface area contributed by atoms with Crippen LogP contribution >= 0.6 is 0 Å². The van der Waals surface area contributed by atoms with E-state index in [1.807, 2.05) is 30.3 Å². The molecule has 0 aliphatic carbocycles. The maximum absolute atomic E-state index is 10.9. The van der Waals surface area contributed by atoms with Gasteiger partial charge < -0.3 is 10.8 Å². The lowest BCUT2D eigenvalue weighted by molar-refractivity contribution is -0.141. The number of nitrogens with zero attached hydrogens (tertiary/aromatic N) is 1. The number of carbonyl (C=O) groups is 1. The standard InChI is InChI=1S/C12H16N2O2/c13-11-8-14(7-10(11)12(15)16)6-9-4-2-1-3-5-9/h1-5,10-11H,6-8,13H2,(H,15,16)/t10-,11-/m0/s1. The van der Waals surface area contributed by atoms with Crippen LogP contribution in [0.3, 0.4) is 0 Å². The SMILES string of the molecule is N[C@H]1CN(Cc2ccccc2)C[C@@H]1C(=O)O. The average molecular weight is 220 g/mol. The Morgan fingerprint density at radius 3 is 2.62 bits per heavy atom. The van der Waals surface area contributed by atoms with Gasteiger partial charge in [0.25, 0.3) is 0 Å². The van der Waals surface area contributed by atoms with Crippen LogP contribution in [0.1, 0.15) is 5.56 Å². The molecule has 1 aromatic rings. The molecule has 0 spiro atoms. The minimum absolute atomic E-state index is 0.249. The summed E-state index contributed by atoms with van der Waals surface area (Å²) in [6, 6.07) is 9.78. The topological polar surface area (TPSA) is 66.6 Å². The van der Waals surface area contributed by atoms with Crippen LogP contribution in [0.4, 0.5) is 0 Å². The van der Waals surface area contributed by atoms with Crippen LogP contribution in [0.5, 0.6) is 0 Å². The van der Waals surface area contributed by atoms with Crippen LogP contribution in [-0.2, 0) is 11.3 Å². The Hall–Kier alpha value is -1.39. The fraction of sp³-hybridized carbons (Fsp3) is 0.417. The van der Waals surface area contributed by atoms with Crippen molar-refractivity contribution in [1.29, 1.82) is 0 Å². The molecule has 1 heterocycles. The largest absolute Gasteiger partial charge is 0.481 e. The number of hydrogen-bond donors (Lipinski definition) is 2. The fourth-order valence-corrected chi connectivity index (χ4v) is 2.15. The second kappa shape index (κ2) is 4.63. The van der Waals surface area contributed by atoms with E-state index in [9.17, 15) is 4.79 Å². The number of hydrogen-bond acceptors (Lipinski definition) is 3. The van der Waals surface area contributed by atoms with E-state index in [-0.39, 0.29) is 6.04 Å². The first-order valence-corrected chi connectivity index (χ1v) is 5.41. The lowest BCUT2D eigenvalue weighted by atomic mass is 10.1. The number of likely N-dealkylation sites (tertiary alicyclic amines) is 1. The van der Waals surface area contributed by atoms with Gasteiger partial charge in [-0.25, -0.2) is 0 Å². The van der Waals surface area contributed by atoms with E-state index >= 15 is 0 Å². The van der Waals surface area contributed by atoms with Crippen LogP contribution in [0, 0.1) is 5.92 Å². The molecule has 2 atom stereocenters. The summed E-state index contributed by atoms with van der Waals surface area (Å²) in [7, 11) is 0. The summed E-state index contributed by atoms with van der Waals surface area (Å²) in [6.07, 6.45) is 0. The Morgan fingerprint density at radius 2 is 2.06 bits per heavy atom. The maximum Gasteiger partial charge on any atom is 0.309 e. The van der Waals surface area contributed by atoms with Crippen LogP contribution in [-0.4, -0.2) is 35.1 Å². The highest BCUT2D eigenvalue weighted by Gasteiger charge is 2.34. The summed E-state index contributed by atoms with van der Waals surface area (Å²) in [5, 5.41) is 8.96. The van der Waals surface area contributed by atoms with Gasteiger partial charge in [0.2, 0.25) is 0 Å². The van der Waals surface area contributed by atoms with Gasteiger partial charge in [-0.1, -0.05) is 30.3 Å². The van der Waals surface area contributed by atoms with Gasteiger partial charge in [0.15, 0.2) is 0 Å². The third-order valence-corrected chi connectivity index (χ3v) is 3.01. The summed E-state index contributed by atoms with van der Waals surface area (Å²) in [5.41, 5.74) is 7.00. The lowest BCUT2D eigenvalue weighted by Gasteiger charge is -2.14. The molecule has 1 aromatic carbocycles. The zero-order valence-corrected chi connectivity index (χ0v) is 9.04. The van der Waals surface area contributed by atoms with Crippen molar-refractivity contribution in [1.82, 2.24) is 4.90 Å². The Bertz CT molecular complexity index is 367. The van der Waals surface area contributed by atoms with E-state index < -0.39 is 11.9 Å².